The molecule has 6 heteroatoms. The third-order valence-corrected chi connectivity index (χ3v) is 1.82. The molecule has 0 aliphatic carbocycles. The van der Waals surface area contributed by atoms with Gasteiger partial charge >= 0.3 is 11.9 Å². The summed E-state index contributed by atoms with van der Waals surface area (Å²) >= 11 is 0. The van der Waals surface area contributed by atoms with Crippen LogP contribution in [0.3, 0.4) is 0 Å². The first-order valence-corrected chi connectivity index (χ1v) is 6.49. The number of esters is 2. The molecular formula is C14H24O6. The van der Waals surface area contributed by atoms with Crippen molar-refractivity contribution >= 4 is 11.9 Å². The van der Waals surface area contributed by atoms with Crippen LogP contribution in [0.4, 0.5) is 0 Å². The fourth-order valence-corrected chi connectivity index (χ4v) is 1.12. The maximum atomic E-state index is 11.3. The maximum Gasteiger partial charge on any atom is 0.332 e. The predicted octanol–water partition coefficient (Wildman–Crippen LogP) is 1.48. The molecule has 0 aliphatic heterocycles. The molecule has 116 valence electrons. The van der Waals surface area contributed by atoms with Crippen LogP contribution in [-0.2, 0) is 28.5 Å². The molecule has 0 aromatic rings. The van der Waals surface area contributed by atoms with E-state index in [1.807, 2.05) is 20.8 Å². The number of carbonyl (C=O) groups excluding carboxylic acids is 2. The summed E-state index contributed by atoms with van der Waals surface area (Å²) in [5.41, 5.74) is -0.480. The molecule has 0 spiro atoms. The van der Waals surface area contributed by atoms with Gasteiger partial charge in [-0.3, -0.25) is 4.79 Å². The number of ether oxygens (including phenoxy) is 4. The van der Waals surface area contributed by atoms with E-state index in [0.29, 0.717) is 6.61 Å². The zero-order chi connectivity index (χ0) is 15.4. The second-order valence-electron chi connectivity index (χ2n) is 4.97. The Morgan fingerprint density at radius 3 is 2.30 bits per heavy atom. The van der Waals surface area contributed by atoms with Gasteiger partial charge in [0.15, 0.2) is 0 Å². The first-order valence-electron chi connectivity index (χ1n) is 6.49. The Morgan fingerprint density at radius 2 is 1.70 bits per heavy atom. The average molecular weight is 288 g/mol. The van der Waals surface area contributed by atoms with Gasteiger partial charge in [-0.1, -0.05) is 12.7 Å². The minimum absolute atomic E-state index is 0.122. The fourth-order valence-electron chi connectivity index (χ4n) is 1.12. The molecule has 0 amide bonds. The van der Waals surface area contributed by atoms with Gasteiger partial charge in [-0.2, -0.15) is 0 Å². The van der Waals surface area contributed by atoms with E-state index in [1.54, 1.807) is 0 Å². The van der Waals surface area contributed by atoms with Crippen LogP contribution in [0.25, 0.3) is 0 Å². The molecule has 0 aliphatic rings. The number of hydrogen-bond acceptors (Lipinski definition) is 6. The average Bonchev–Trinajstić information content (AvgIpc) is 2.33. The molecular weight excluding hydrogens is 264 g/mol. The molecule has 0 fully saturated rings. The summed E-state index contributed by atoms with van der Waals surface area (Å²) < 4.78 is 20.0. The molecule has 0 bridgehead atoms. The van der Waals surface area contributed by atoms with Crippen molar-refractivity contribution in [1.29, 1.82) is 0 Å². The van der Waals surface area contributed by atoms with Gasteiger partial charge in [0.25, 0.3) is 0 Å². The summed E-state index contributed by atoms with van der Waals surface area (Å²) in [4.78, 5) is 22.4. The third-order valence-electron chi connectivity index (χ3n) is 1.82. The SMILES string of the molecule is C=CCOC(=O)COCCOCCC(=O)OC(C)(C)C. The van der Waals surface area contributed by atoms with Gasteiger partial charge in [0, 0.05) is 0 Å². The number of hydrogen-bond donors (Lipinski definition) is 0. The van der Waals surface area contributed by atoms with Crippen molar-refractivity contribution in [3.8, 4) is 0 Å². The van der Waals surface area contributed by atoms with E-state index in [1.165, 1.54) is 6.08 Å². The summed E-state index contributed by atoms with van der Waals surface area (Å²) in [6.45, 7) is 9.74. The molecule has 0 saturated heterocycles. The highest BCUT2D eigenvalue weighted by molar-refractivity contribution is 5.70. The summed E-state index contributed by atoms with van der Waals surface area (Å²) in [6.07, 6.45) is 1.68. The normalized spacial score (nSPS) is 10.9. The standard InChI is InChI=1S/C14H24O6/c1-5-7-19-13(16)11-18-10-9-17-8-6-12(15)20-14(2,3)4/h5H,1,6-11H2,2-4H3. The lowest BCUT2D eigenvalue weighted by Gasteiger charge is -2.19. The Hall–Kier alpha value is -1.40. The largest absolute Gasteiger partial charge is 0.460 e. The van der Waals surface area contributed by atoms with Crippen LogP contribution < -0.4 is 0 Å². The van der Waals surface area contributed by atoms with Crippen molar-refractivity contribution in [2.75, 3.05) is 33.0 Å². The number of carbonyl (C=O) groups is 2. The van der Waals surface area contributed by atoms with Gasteiger partial charge in [0.05, 0.1) is 26.2 Å². The fraction of sp³-hybridized carbons (Fsp3) is 0.714. The highest BCUT2D eigenvalue weighted by atomic mass is 16.6. The van der Waals surface area contributed by atoms with Gasteiger partial charge < -0.3 is 18.9 Å². The van der Waals surface area contributed by atoms with E-state index in [-0.39, 0.29) is 38.8 Å². The highest BCUT2D eigenvalue weighted by Gasteiger charge is 2.15. The lowest BCUT2D eigenvalue weighted by molar-refractivity contribution is -0.156. The van der Waals surface area contributed by atoms with Gasteiger partial charge in [-0.05, 0) is 20.8 Å². The molecule has 6 nitrogen and oxygen atoms in total. The monoisotopic (exact) mass is 288 g/mol. The Bertz CT molecular complexity index is 305. The van der Waals surface area contributed by atoms with Crippen molar-refractivity contribution in [2.45, 2.75) is 32.8 Å². The first-order chi connectivity index (χ1) is 9.35. The molecule has 20 heavy (non-hydrogen) atoms. The molecule has 0 unspecified atom stereocenters. The highest BCUT2D eigenvalue weighted by Crippen LogP contribution is 2.07. The quantitative estimate of drug-likeness (QED) is 0.344. The molecule has 0 rings (SSSR count). The van der Waals surface area contributed by atoms with Crippen LogP contribution in [0.5, 0.6) is 0 Å². The summed E-state index contributed by atoms with van der Waals surface area (Å²) in [5, 5.41) is 0. The Morgan fingerprint density at radius 1 is 1.05 bits per heavy atom. The van der Waals surface area contributed by atoms with Crippen molar-refractivity contribution in [3.63, 3.8) is 0 Å². The molecule has 0 heterocycles. The maximum absolute atomic E-state index is 11.3. The summed E-state index contributed by atoms with van der Waals surface area (Å²) in [5.74, 6) is -0.745. The molecule has 0 N–H and O–H groups in total. The van der Waals surface area contributed by atoms with E-state index in [0.717, 1.165) is 0 Å². The van der Waals surface area contributed by atoms with E-state index >= 15 is 0 Å². The molecule has 0 atom stereocenters. The first kappa shape index (κ1) is 18.6. The zero-order valence-corrected chi connectivity index (χ0v) is 12.5. The van der Waals surface area contributed by atoms with Gasteiger partial charge in [0.2, 0.25) is 0 Å². The second-order valence-corrected chi connectivity index (χ2v) is 4.97. The topological polar surface area (TPSA) is 71.1 Å². The van der Waals surface area contributed by atoms with Crippen LogP contribution in [-0.4, -0.2) is 50.6 Å². The van der Waals surface area contributed by atoms with E-state index in [4.69, 9.17) is 18.9 Å². The van der Waals surface area contributed by atoms with Crippen LogP contribution in [0.2, 0.25) is 0 Å². The lowest BCUT2D eigenvalue weighted by Crippen LogP contribution is -2.24. The zero-order valence-electron chi connectivity index (χ0n) is 12.5. The summed E-state index contributed by atoms with van der Waals surface area (Å²) in [6, 6.07) is 0. The van der Waals surface area contributed by atoms with Crippen LogP contribution in [0.1, 0.15) is 27.2 Å². The lowest BCUT2D eigenvalue weighted by atomic mass is 10.2. The van der Waals surface area contributed by atoms with Gasteiger partial charge in [-0.25, -0.2) is 4.79 Å². The van der Waals surface area contributed by atoms with E-state index in [9.17, 15) is 9.59 Å². The molecule has 0 radical (unpaired) electrons. The number of rotatable bonds is 10. The van der Waals surface area contributed by atoms with E-state index < -0.39 is 11.6 Å². The minimum Gasteiger partial charge on any atom is -0.460 e. The van der Waals surface area contributed by atoms with Crippen molar-refractivity contribution in [2.24, 2.45) is 0 Å². The molecule has 0 aromatic heterocycles. The minimum atomic E-state index is -0.480. The Kier molecular flexibility index (Phi) is 9.67. The van der Waals surface area contributed by atoms with Crippen molar-refractivity contribution in [1.82, 2.24) is 0 Å². The van der Waals surface area contributed by atoms with Crippen LogP contribution >= 0.6 is 0 Å². The third kappa shape index (κ3) is 13.0. The predicted molar refractivity (Wildman–Crippen MR) is 73.3 cm³/mol. The van der Waals surface area contributed by atoms with Gasteiger partial charge in [0.1, 0.15) is 18.8 Å². The smallest absolute Gasteiger partial charge is 0.332 e. The Labute approximate surface area is 120 Å². The molecule has 0 aromatic carbocycles. The second kappa shape index (κ2) is 10.4. The van der Waals surface area contributed by atoms with Crippen LogP contribution in [0.15, 0.2) is 12.7 Å². The van der Waals surface area contributed by atoms with Gasteiger partial charge in [-0.15, -0.1) is 0 Å². The Balaban J connectivity index is 3.39. The van der Waals surface area contributed by atoms with Crippen molar-refractivity contribution < 1.29 is 28.5 Å². The molecule has 0 saturated carbocycles. The van der Waals surface area contributed by atoms with E-state index in [2.05, 4.69) is 6.58 Å². The summed E-state index contributed by atoms with van der Waals surface area (Å²) in [7, 11) is 0. The van der Waals surface area contributed by atoms with Crippen molar-refractivity contribution in [3.05, 3.63) is 12.7 Å². The van der Waals surface area contributed by atoms with Crippen LogP contribution in [0, 0.1) is 0 Å².